The Morgan fingerprint density at radius 1 is 1.44 bits per heavy atom. The SMILES string of the molecule is COCCOC(=O)c1c(C)nc2ccc(N)cn12. The normalized spacial score (nSPS) is 10.8. The van der Waals surface area contributed by atoms with Crippen LogP contribution < -0.4 is 5.73 Å². The van der Waals surface area contributed by atoms with E-state index in [4.69, 9.17) is 15.2 Å². The van der Waals surface area contributed by atoms with Crippen molar-refractivity contribution in [3.8, 4) is 0 Å². The van der Waals surface area contributed by atoms with Crippen LogP contribution in [0, 0.1) is 6.92 Å². The van der Waals surface area contributed by atoms with Gasteiger partial charge in [0.25, 0.3) is 0 Å². The Bertz CT molecular complexity index is 577. The molecule has 0 unspecified atom stereocenters. The Balaban J connectivity index is 2.34. The summed E-state index contributed by atoms with van der Waals surface area (Å²) in [4.78, 5) is 16.2. The second kappa shape index (κ2) is 5.05. The number of esters is 1. The van der Waals surface area contributed by atoms with Gasteiger partial charge in [-0.05, 0) is 19.1 Å². The number of rotatable bonds is 4. The van der Waals surface area contributed by atoms with Crippen molar-refractivity contribution in [3.63, 3.8) is 0 Å². The zero-order valence-corrected chi connectivity index (χ0v) is 10.3. The maximum Gasteiger partial charge on any atom is 0.357 e. The van der Waals surface area contributed by atoms with Gasteiger partial charge in [0, 0.05) is 19.0 Å². The highest BCUT2D eigenvalue weighted by Crippen LogP contribution is 2.15. The highest BCUT2D eigenvalue weighted by atomic mass is 16.6. The topological polar surface area (TPSA) is 78.8 Å². The molecule has 0 aliphatic heterocycles. The summed E-state index contributed by atoms with van der Waals surface area (Å²) in [5, 5.41) is 0. The highest BCUT2D eigenvalue weighted by Gasteiger charge is 2.17. The minimum absolute atomic E-state index is 0.213. The molecule has 0 atom stereocenters. The van der Waals surface area contributed by atoms with E-state index in [1.165, 1.54) is 0 Å². The van der Waals surface area contributed by atoms with Crippen LogP contribution >= 0.6 is 0 Å². The Hall–Kier alpha value is -2.08. The van der Waals surface area contributed by atoms with Crippen molar-refractivity contribution in [2.45, 2.75) is 6.92 Å². The molecule has 0 aliphatic rings. The minimum Gasteiger partial charge on any atom is -0.459 e. The molecule has 2 heterocycles. The largest absolute Gasteiger partial charge is 0.459 e. The van der Waals surface area contributed by atoms with Crippen LogP contribution in [0.4, 0.5) is 5.69 Å². The van der Waals surface area contributed by atoms with Crippen molar-refractivity contribution in [2.75, 3.05) is 26.1 Å². The lowest BCUT2D eigenvalue weighted by atomic mass is 10.3. The number of anilines is 1. The van der Waals surface area contributed by atoms with Gasteiger partial charge in [-0.15, -0.1) is 0 Å². The first-order valence-corrected chi connectivity index (χ1v) is 5.53. The molecule has 2 rings (SSSR count). The van der Waals surface area contributed by atoms with Crippen molar-refractivity contribution in [3.05, 3.63) is 29.7 Å². The van der Waals surface area contributed by atoms with E-state index in [2.05, 4.69) is 4.98 Å². The van der Waals surface area contributed by atoms with Crippen molar-refractivity contribution in [1.29, 1.82) is 0 Å². The molecule has 0 amide bonds. The number of ether oxygens (including phenoxy) is 2. The number of imidazole rings is 1. The van der Waals surface area contributed by atoms with Gasteiger partial charge in [0.1, 0.15) is 12.3 Å². The van der Waals surface area contributed by atoms with Crippen molar-refractivity contribution >= 4 is 17.3 Å². The molecule has 0 saturated heterocycles. The summed E-state index contributed by atoms with van der Waals surface area (Å²) in [6.45, 7) is 2.34. The monoisotopic (exact) mass is 249 g/mol. The summed E-state index contributed by atoms with van der Waals surface area (Å²) < 4.78 is 11.6. The number of aromatic nitrogens is 2. The summed E-state index contributed by atoms with van der Waals surface area (Å²) in [6, 6.07) is 3.50. The van der Waals surface area contributed by atoms with E-state index < -0.39 is 5.97 Å². The fourth-order valence-corrected chi connectivity index (χ4v) is 1.71. The van der Waals surface area contributed by atoms with Gasteiger partial charge in [0.2, 0.25) is 0 Å². The third kappa shape index (κ3) is 2.28. The molecule has 0 aliphatic carbocycles. The maximum absolute atomic E-state index is 11.9. The minimum atomic E-state index is -0.428. The number of pyridine rings is 1. The molecular weight excluding hydrogens is 234 g/mol. The van der Waals surface area contributed by atoms with Crippen molar-refractivity contribution in [2.24, 2.45) is 0 Å². The number of fused-ring (bicyclic) bond motifs is 1. The number of hydrogen-bond donors (Lipinski definition) is 1. The zero-order valence-electron chi connectivity index (χ0n) is 10.3. The van der Waals surface area contributed by atoms with Gasteiger partial charge in [-0.2, -0.15) is 0 Å². The van der Waals surface area contributed by atoms with Crippen molar-refractivity contribution in [1.82, 2.24) is 9.38 Å². The maximum atomic E-state index is 11.9. The van der Waals surface area contributed by atoms with E-state index in [-0.39, 0.29) is 6.61 Å². The molecule has 2 N–H and O–H groups in total. The molecule has 96 valence electrons. The van der Waals surface area contributed by atoms with Crippen LogP contribution in [-0.4, -0.2) is 35.7 Å². The average Bonchev–Trinajstić information content (AvgIpc) is 2.64. The first-order valence-electron chi connectivity index (χ1n) is 5.53. The molecule has 0 saturated carbocycles. The third-order valence-electron chi connectivity index (χ3n) is 2.53. The van der Waals surface area contributed by atoms with Gasteiger partial charge >= 0.3 is 5.97 Å². The lowest BCUT2D eigenvalue weighted by Crippen LogP contribution is -2.13. The van der Waals surface area contributed by atoms with E-state index >= 15 is 0 Å². The summed E-state index contributed by atoms with van der Waals surface area (Å²) in [6.07, 6.45) is 1.66. The molecular formula is C12H15N3O3. The number of carbonyl (C=O) groups excluding carboxylic acids is 1. The molecule has 6 heteroatoms. The van der Waals surface area contributed by atoms with Gasteiger partial charge in [-0.1, -0.05) is 0 Å². The van der Waals surface area contributed by atoms with Gasteiger partial charge in [0.15, 0.2) is 5.69 Å². The lowest BCUT2D eigenvalue weighted by Gasteiger charge is -2.05. The van der Waals surface area contributed by atoms with E-state index in [1.54, 1.807) is 36.8 Å². The van der Waals surface area contributed by atoms with Crippen LogP contribution in [0.3, 0.4) is 0 Å². The van der Waals surface area contributed by atoms with Crippen molar-refractivity contribution < 1.29 is 14.3 Å². The average molecular weight is 249 g/mol. The van der Waals surface area contributed by atoms with Crippen LogP contribution in [0.25, 0.3) is 5.65 Å². The first-order chi connectivity index (χ1) is 8.63. The zero-order chi connectivity index (χ0) is 13.1. The molecule has 0 bridgehead atoms. The van der Waals surface area contributed by atoms with Crippen LogP contribution in [0.1, 0.15) is 16.2 Å². The van der Waals surface area contributed by atoms with E-state index in [9.17, 15) is 4.79 Å². The second-order valence-electron chi connectivity index (χ2n) is 3.87. The van der Waals surface area contributed by atoms with E-state index in [1.807, 2.05) is 0 Å². The summed E-state index contributed by atoms with van der Waals surface area (Å²) >= 11 is 0. The number of nitrogens with two attached hydrogens (primary N) is 1. The Labute approximate surface area is 104 Å². The number of hydrogen-bond acceptors (Lipinski definition) is 5. The quantitative estimate of drug-likeness (QED) is 0.646. The molecule has 0 fully saturated rings. The Kier molecular flexibility index (Phi) is 3.47. The fourth-order valence-electron chi connectivity index (χ4n) is 1.71. The molecule has 0 radical (unpaired) electrons. The predicted molar refractivity (Wildman–Crippen MR) is 66.5 cm³/mol. The number of aryl methyl sites for hydroxylation is 1. The second-order valence-corrected chi connectivity index (χ2v) is 3.87. The van der Waals surface area contributed by atoms with Crippen LogP contribution in [-0.2, 0) is 9.47 Å². The third-order valence-corrected chi connectivity index (χ3v) is 2.53. The van der Waals surface area contributed by atoms with E-state index in [0.717, 1.165) is 0 Å². The molecule has 6 nitrogen and oxygen atoms in total. The van der Waals surface area contributed by atoms with Gasteiger partial charge in [-0.25, -0.2) is 9.78 Å². The van der Waals surface area contributed by atoms with Crippen LogP contribution in [0.5, 0.6) is 0 Å². The van der Waals surface area contributed by atoms with Crippen LogP contribution in [0.2, 0.25) is 0 Å². The van der Waals surface area contributed by atoms with E-state index in [0.29, 0.717) is 29.3 Å². The fraction of sp³-hybridized carbons (Fsp3) is 0.333. The summed E-state index contributed by atoms with van der Waals surface area (Å²) in [5.74, 6) is -0.428. The standard InChI is InChI=1S/C12H15N3O3/c1-8-11(12(16)18-6-5-17-2)15-7-9(13)3-4-10(15)14-8/h3-4,7H,5-6,13H2,1-2H3. The number of nitrogens with zero attached hydrogens (tertiary/aromatic N) is 2. The first kappa shape index (κ1) is 12.4. The lowest BCUT2D eigenvalue weighted by molar-refractivity contribution is 0.0379. The predicted octanol–water partition coefficient (Wildman–Crippen LogP) is 1.03. The number of nitrogen functional groups attached to an aromatic ring is 1. The molecule has 0 spiro atoms. The smallest absolute Gasteiger partial charge is 0.357 e. The highest BCUT2D eigenvalue weighted by molar-refractivity contribution is 5.90. The number of methoxy groups -OCH3 is 1. The molecule has 18 heavy (non-hydrogen) atoms. The summed E-state index contributed by atoms with van der Waals surface area (Å²) in [7, 11) is 1.55. The Morgan fingerprint density at radius 2 is 2.22 bits per heavy atom. The molecule has 0 aromatic carbocycles. The van der Waals surface area contributed by atoms with Crippen LogP contribution in [0.15, 0.2) is 18.3 Å². The molecule has 2 aromatic heterocycles. The number of carbonyl (C=O) groups is 1. The van der Waals surface area contributed by atoms with Gasteiger partial charge in [0.05, 0.1) is 12.3 Å². The van der Waals surface area contributed by atoms with Gasteiger partial charge in [-0.3, -0.25) is 4.40 Å². The molecule has 2 aromatic rings. The Morgan fingerprint density at radius 3 is 2.94 bits per heavy atom. The summed E-state index contributed by atoms with van der Waals surface area (Å²) in [5.41, 5.74) is 7.94. The van der Waals surface area contributed by atoms with Gasteiger partial charge < -0.3 is 15.2 Å².